The van der Waals surface area contributed by atoms with Crippen LogP contribution in [-0.4, -0.2) is 18.4 Å². The van der Waals surface area contributed by atoms with E-state index < -0.39 is 0 Å². The molecule has 0 aromatic heterocycles. The molecule has 1 atom stereocenters. The lowest BCUT2D eigenvalue weighted by Gasteiger charge is -2.17. The number of nitrogens with zero attached hydrogens (tertiary/aromatic N) is 2. The van der Waals surface area contributed by atoms with E-state index in [1.165, 1.54) is 0 Å². The number of hydrogen-bond donors (Lipinski definition) is 1. The van der Waals surface area contributed by atoms with E-state index in [9.17, 15) is 9.59 Å². The third kappa shape index (κ3) is 3.28. The Bertz CT molecular complexity index is 821. The molecule has 120 valence electrons. The van der Waals surface area contributed by atoms with Crippen LogP contribution >= 0.6 is 0 Å². The topological polar surface area (TPSA) is 73.2 Å². The smallest absolute Gasteiger partial charge is 0.229 e. The predicted molar refractivity (Wildman–Crippen MR) is 91.4 cm³/mol. The van der Waals surface area contributed by atoms with Gasteiger partial charge in [0.05, 0.1) is 17.6 Å². The Labute approximate surface area is 140 Å². The lowest BCUT2D eigenvalue weighted by molar-refractivity contribution is -0.122. The molecular formula is C19H17N3O2. The molecule has 1 N–H and O–H groups in total. The van der Waals surface area contributed by atoms with Crippen LogP contribution in [0.3, 0.4) is 0 Å². The maximum Gasteiger partial charge on any atom is 0.229 e. The van der Waals surface area contributed by atoms with Gasteiger partial charge in [-0.15, -0.1) is 0 Å². The normalized spacial score (nSPS) is 16.8. The number of anilines is 2. The van der Waals surface area contributed by atoms with Gasteiger partial charge in [0.15, 0.2) is 0 Å². The number of amides is 2. The molecular weight excluding hydrogens is 302 g/mol. The molecule has 0 spiro atoms. The van der Waals surface area contributed by atoms with Crippen molar-refractivity contribution in [2.75, 3.05) is 16.8 Å². The van der Waals surface area contributed by atoms with E-state index in [0.29, 0.717) is 17.8 Å². The highest BCUT2D eigenvalue weighted by Gasteiger charge is 2.35. The second-order valence-corrected chi connectivity index (χ2v) is 5.92. The first-order valence-corrected chi connectivity index (χ1v) is 7.75. The number of carbonyl (C=O) groups is 2. The molecule has 1 aliphatic heterocycles. The molecule has 5 heteroatoms. The van der Waals surface area contributed by atoms with Crippen LogP contribution in [0.2, 0.25) is 0 Å². The highest BCUT2D eigenvalue weighted by molar-refractivity contribution is 6.03. The molecule has 0 saturated carbocycles. The van der Waals surface area contributed by atoms with Gasteiger partial charge in [0.2, 0.25) is 11.8 Å². The van der Waals surface area contributed by atoms with Crippen LogP contribution in [0.15, 0.2) is 48.5 Å². The summed E-state index contributed by atoms with van der Waals surface area (Å²) in [6.07, 6.45) is 0.204. The maximum absolute atomic E-state index is 12.4. The number of benzene rings is 2. The van der Waals surface area contributed by atoms with Crippen molar-refractivity contribution < 1.29 is 9.59 Å². The van der Waals surface area contributed by atoms with Crippen LogP contribution in [-0.2, 0) is 9.59 Å². The van der Waals surface area contributed by atoms with Crippen LogP contribution in [0.1, 0.15) is 17.5 Å². The summed E-state index contributed by atoms with van der Waals surface area (Å²) in [5, 5.41) is 11.6. The Morgan fingerprint density at radius 3 is 2.67 bits per heavy atom. The van der Waals surface area contributed by atoms with E-state index in [2.05, 4.69) is 5.32 Å². The number of carbonyl (C=O) groups excluding carboxylic acids is 2. The quantitative estimate of drug-likeness (QED) is 0.945. The number of nitriles is 1. The van der Waals surface area contributed by atoms with E-state index in [1.807, 2.05) is 37.3 Å². The van der Waals surface area contributed by atoms with Gasteiger partial charge in [-0.2, -0.15) is 5.26 Å². The van der Waals surface area contributed by atoms with Crippen molar-refractivity contribution in [1.29, 1.82) is 5.26 Å². The zero-order valence-electron chi connectivity index (χ0n) is 13.3. The molecule has 1 fully saturated rings. The molecule has 1 heterocycles. The number of rotatable bonds is 3. The summed E-state index contributed by atoms with van der Waals surface area (Å²) >= 11 is 0. The second kappa shape index (κ2) is 6.55. The molecule has 2 amide bonds. The molecule has 24 heavy (non-hydrogen) atoms. The summed E-state index contributed by atoms with van der Waals surface area (Å²) in [5.41, 5.74) is 3.06. The van der Waals surface area contributed by atoms with Crippen LogP contribution in [0, 0.1) is 24.2 Å². The first-order valence-electron chi connectivity index (χ1n) is 7.75. The molecule has 5 nitrogen and oxygen atoms in total. The molecule has 0 radical (unpaired) electrons. The summed E-state index contributed by atoms with van der Waals surface area (Å²) < 4.78 is 0. The van der Waals surface area contributed by atoms with E-state index in [4.69, 9.17) is 5.26 Å². The van der Waals surface area contributed by atoms with E-state index >= 15 is 0 Å². The van der Waals surface area contributed by atoms with Gasteiger partial charge < -0.3 is 10.2 Å². The van der Waals surface area contributed by atoms with Gasteiger partial charge in [-0.05, 0) is 48.9 Å². The minimum atomic E-state index is -0.381. The fourth-order valence-electron chi connectivity index (χ4n) is 2.80. The van der Waals surface area contributed by atoms with Crippen molar-refractivity contribution in [2.45, 2.75) is 13.3 Å². The molecule has 1 aliphatic rings. The Balaban J connectivity index is 1.68. The van der Waals surface area contributed by atoms with Crippen molar-refractivity contribution in [3.05, 3.63) is 59.7 Å². The first kappa shape index (κ1) is 15.8. The van der Waals surface area contributed by atoms with Crippen molar-refractivity contribution in [3.63, 3.8) is 0 Å². The minimum Gasteiger partial charge on any atom is -0.326 e. The highest BCUT2D eigenvalue weighted by atomic mass is 16.2. The summed E-state index contributed by atoms with van der Waals surface area (Å²) in [6.45, 7) is 2.35. The SMILES string of the molecule is Cc1cccc(N2CC(C(=O)Nc3ccc(C#N)cc3)CC2=O)c1. The third-order valence-electron chi connectivity index (χ3n) is 4.09. The van der Waals surface area contributed by atoms with Crippen LogP contribution in [0.25, 0.3) is 0 Å². The third-order valence-corrected chi connectivity index (χ3v) is 4.09. The van der Waals surface area contributed by atoms with Gasteiger partial charge in [-0.3, -0.25) is 9.59 Å². The number of hydrogen-bond acceptors (Lipinski definition) is 3. The fraction of sp³-hybridized carbons (Fsp3) is 0.211. The van der Waals surface area contributed by atoms with Gasteiger partial charge in [-0.25, -0.2) is 0 Å². The van der Waals surface area contributed by atoms with Crippen LogP contribution in [0.5, 0.6) is 0 Å². The molecule has 3 rings (SSSR count). The van der Waals surface area contributed by atoms with E-state index in [-0.39, 0.29) is 24.2 Å². The van der Waals surface area contributed by atoms with E-state index in [0.717, 1.165) is 11.3 Å². The molecule has 0 bridgehead atoms. The van der Waals surface area contributed by atoms with Gasteiger partial charge in [-0.1, -0.05) is 12.1 Å². The fourth-order valence-corrected chi connectivity index (χ4v) is 2.80. The lowest BCUT2D eigenvalue weighted by atomic mass is 10.1. The Hall–Kier alpha value is -3.13. The molecule has 2 aromatic rings. The molecule has 2 aromatic carbocycles. The van der Waals surface area contributed by atoms with Crippen molar-refractivity contribution in [3.8, 4) is 6.07 Å². The standard InChI is InChI=1S/C19H17N3O2/c1-13-3-2-4-17(9-13)22-12-15(10-18(22)23)19(24)21-16-7-5-14(11-20)6-8-16/h2-9,15H,10,12H2,1H3,(H,21,24). The minimum absolute atomic E-state index is 0.0411. The Morgan fingerprint density at radius 1 is 1.25 bits per heavy atom. The predicted octanol–water partition coefficient (Wildman–Crippen LogP) is 2.86. The van der Waals surface area contributed by atoms with E-state index in [1.54, 1.807) is 29.2 Å². The van der Waals surface area contributed by atoms with Crippen molar-refractivity contribution >= 4 is 23.2 Å². The average molecular weight is 319 g/mol. The van der Waals surface area contributed by atoms with Gasteiger partial charge in [0.25, 0.3) is 0 Å². The van der Waals surface area contributed by atoms with Gasteiger partial charge in [0.1, 0.15) is 0 Å². The maximum atomic E-state index is 12.4. The monoisotopic (exact) mass is 319 g/mol. The summed E-state index contributed by atoms with van der Waals surface area (Å²) in [5.74, 6) is -0.600. The number of aryl methyl sites for hydroxylation is 1. The summed E-state index contributed by atoms with van der Waals surface area (Å²) in [4.78, 5) is 26.3. The summed E-state index contributed by atoms with van der Waals surface area (Å²) in [6, 6.07) is 16.4. The first-order chi connectivity index (χ1) is 11.6. The zero-order chi connectivity index (χ0) is 17.1. The molecule has 1 unspecified atom stereocenters. The highest BCUT2D eigenvalue weighted by Crippen LogP contribution is 2.26. The van der Waals surface area contributed by atoms with Crippen LogP contribution in [0.4, 0.5) is 11.4 Å². The number of nitrogens with one attached hydrogen (secondary N) is 1. The van der Waals surface area contributed by atoms with Gasteiger partial charge in [0, 0.05) is 24.3 Å². The van der Waals surface area contributed by atoms with Crippen molar-refractivity contribution in [1.82, 2.24) is 0 Å². The summed E-state index contributed by atoms with van der Waals surface area (Å²) in [7, 11) is 0. The Kier molecular flexibility index (Phi) is 4.30. The largest absolute Gasteiger partial charge is 0.326 e. The zero-order valence-corrected chi connectivity index (χ0v) is 13.3. The lowest BCUT2D eigenvalue weighted by Crippen LogP contribution is -2.28. The second-order valence-electron chi connectivity index (χ2n) is 5.92. The molecule has 1 saturated heterocycles. The van der Waals surface area contributed by atoms with Gasteiger partial charge >= 0.3 is 0 Å². The average Bonchev–Trinajstić information content (AvgIpc) is 2.97. The van der Waals surface area contributed by atoms with Crippen LogP contribution < -0.4 is 10.2 Å². The molecule has 0 aliphatic carbocycles. The van der Waals surface area contributed by atoms with Crippen molar-refractivity contribution in [2.24, 2.45) is 5.92 Å². The Morgan fingerprint density at radius 2 is 2.00 bits per heavy atom.